The van der Waals surface area contributed by atoms with Gasteiger partial charge >= 0.3 is 0 Å². The van der Waals surface area contributed by atoms with E-state index in [2.05, 4.69) is 4.72 Å². The Bertz CT molecular complexity index is 489. The van der Waals surface area contributed by atoms with E-state index < -0.39 is 21.9 Å². The van der Waals surface area contributed by atoms with Crippen LogP contribution in [0.5, 0.6) is 5.75 Å². The Morgan fingerprint density at radius 3 is 2.71 bits per heavy atom. The zero-order valence-corrected chi connectivity index (χ0v) is 11.0. The first kappa shape index (κ1) is 14.1. The number of aliphatic hydroxyl groups is 1. The van der Waals surface area contributed by atoms with E-state index in [1.807, 2.05) is 0 Å². The molecular weight excluding hydrogens is 266 g/mol. The summed E-state index contributed by atoms with van der Waals surface area (Å²) >= 11 is 5.86. The fourth-order valence-electron chi connectivity index (χ4n) is 1.06. The van der Waals surface area contributed by atoms with E-state index in [0.29, 0.717) is 5.75 Å². The van der Waals surface area contributed by atoms with Crippen LogP contribution in [0.4, 0.5) is 5.69 Å². The van der Waals surface area contributed by atoms with Crippen LogP contribution in [0.25, 0.3) is 0 Å². The van der Waals surface area contributed by atoms with Crippen molar-refractivity contribution in [3.8, 4) is 5.75 Å². The highest BCUT2D eigenvalue weighted by Gasteiger charge is 2.20. The summed E-state index contributed by atoms with van der Waals surface area (Å²) in [5, 5.41) is 8.19. The van der Waals surface area contributed by atoms with Gasteiger partial charge in [0, 0.05) is 6.07 Å². The SMILES string of the molecule is COc1ccc(Cl)c(NS(=O)(=O)C(C)CO)c1. The van der Waals surface area contributed by atoms with Crippen molar-refractivity contribution in [1.29, 1.82) is 0 Å². The topological polar surface area (TPSA) is 75.6 Å². The van der Waals surface area contributed by atoms with Crippen LogP contribution >= 0.6 is 11.6 Å². The summed E-state index contributed by atoms with van der Waals surface area (Å²) in [6, 6.07) is 4.63. The van der Waals surface area contributed by atoms with Gasteiger partial charge in [-0.3, -0.25) is 4.72 Å². The molecule has 1 atom stereocenters. The van der Waals surface area contributed by atoms with Crippen molar-refractivity contribution in [2.75, 3.05) is 18.4 Å². The molecular formula is C10H14ClNO4S. The molecule has 0 radical (unpaired) electrons. The summed E-state index contributed by atoms with van der Waals surface area (Å²) in [4.78, 5) is 0. The van der Waals surface area contributed by atoms with E-state index in [1.165, 1.54) is 26.2 Å². The van der Waals surface area contributed by atoms with Crippen molar-refractivity contribution < 1.29 is 18.3 Å². The Morgan fingerprint density at radius 2 is 2.18 bits per heavy atom. The summed E-state index contributed by atoms with van der Waals surface area (Å²) in [5.41, 5.74) is 0.228. The lowest BCUT2D eigenvalue weighted by Crippen LogP contribution is -2.28. The maximum atomic E-state index is 11.7. The fourth-order valence-corrected chi connectivity index (χ4v) is 2.16. The normalized spacial score (nSPS) is 13.2. The van der Waals surface area contributed by atoms with E-state index in [0.717, 1.165) is 0 Å². The first-order valence-corrected chi connectivity index (χ1v) is 6.79. The number of aliphatic hydroxyl groups excluding tert-OH is 1. The van der Waals surface area contributed by atoms with Crippen LogP contribution < -0.4 is 9.46 Å². The third-order valence-electron chi connectivity index (χ3n) is 2.21. The number of sulfonamides is 1. The molecule has 0 heterocycles. The lowest BCUT2D eigenvalue weighted by atomic mass is 10.3. The van der Waals surface area contributed by atoms with E-state index in [4.69, 9.17) is 21.4 Å². The minimum atomic E-state index is -3.65. The Hall–Kier alpha value is -0.980. The third kappa shape index (κ3) is 3.49. The summed E-state index contributed by atoms with van der Waals surface area (Å²) < 4.78 is 30.7. The van der Waals surface area contributed by atoms with Gasteiger partial charge in [-0.2, -0.15) is 0 Å². The van der Waals surface area contributed by atoms with E-state index >= 15 is 0 Å². The van der Waals surface area contributed by atoms with E-state index in [1.54, 1.807) is 6.07 Å². The molecule has 7 heteroatoms. The Kier molecular flexibility index (Phi) is 4.62. The molecule has 1 aromatic carbocycles. The number of nitrogens with one attached hydrogen (secondary N) is 1. The molecule has 0 aliphatic carbocycles. The average molecular weight is 280 g/mol. The molecule has 0 saturated heterocycles. The highest BCUT2D eigenvalue weighted by atomic mass is 35.5. The van der Waals surface area contributed by atoms with Crippen molar-refractivity contribution in [2.45, 2.75) is 12.2 Å². The van der Waals surface area contributed by atoms with E-state index in [9.17, 15) is 8.42 Å². The van der Waals surface area contributed by atoms with Crippen molar-refractivity contribution >= 4 is 27.3 Å². The third-order valence-corrected chi connectivity index (χ3v) is 4.26. The van der Waals surface area contributed by atoms with Gasteiger partial charge in [0.15, 0.2) is 0 Å². The van der Waals surface area contributed by atoms with Crippen LogP contribution in [0.15, 0.2) is 18.2 Å². The van der Waals surface area contributed by atoms with Crippen LogP contribution in [0.3, 0.4) is 0 Å². The molecule has 1 rings (SSSR count). The number of rotatable bonds is 5. The quantitative estimate of drug-likeness (QED) is 0.856. The van der Waals surface area contributed by atoms with Crippen LogP contribution in [0.1, 0.15) is 6.92 Å². The van der Waals surface area contributed by atoms with Crippen LogP contribution in [0, 0.1) is 0 Å². The van der Waals surface area contributed by atoms with Gasteiger partial charge in [-0.05, 0) is 19.1 Å². The van der Waals surface area contributed by atoms with Gasteiger partial charge in [0.25, 0.3) is 0 Å². The summed E-state index contributed by atoms with van der Waals surface area (Å²) in [5.74, 6) is 0.490. The number of halogens is 1. The number of hydrogen-bond acceptors (Lipinski definition) is 4. The maximum absolute atomic E-state index is 11.7. The molecule has 2 N–H and O–H groups in total. The maximum Gasteiger partial charge on any atom is 0.237 e. The molecule has 1 unspecified atom stereocenters. The number of benzene rings is 1. The van der Waals surface area contributed by atoms with Gasteiger partial charge < -0.3 is 9.84 Å². The molecule has 96 valence electrons. The van der Waals surface area contributed by atoms with Gasteiger partial charge in [0.05, 0.1) is 24.4 Å². The van der Waals surface area contributed by atoms with E-state index in [-0.39, 0.29) is 10.7 Å². The first-order chi connectivity index (χ1) is 7.90. The standard InChI is InChI=1S/C10H14ClNO4S/c1-7(6-13)17(14,15)12-10-5-8(16-2)3-4-9(10)11/h3-5,7,12-13H,6H2,1-2H3. The van der Waals surface area contributed by atoms with Gasteiger partial charge in [-0.1, -0.05) is 11.6 Å². The zero-order valence-electron chi connectivity index (χ0n) is 9.47. The molecule has 0 aliphatic heterocycles. The first-order valence-electron chi connectivity index (χ1n) is 4.86. The number of methoxy groups -OCH3 is 1. The second-order valence-electron chi connectivity index (χ2n) is 3.49. The van der Waals surface area contributed by atoms with Crippen LogP contribution in [-0.4, -0.2) is 32.5 Å². The smallest absolute Gasteiger partial charge is 0.237 e. The lowest BCUT2D eigenvalue weighted by molar-refractivity contribution is 0.296. The molecule has 17 heavy (non-hydrogen) atoms. The van der Waals surface area contributed by atoms with Gasteiger partial charge in [0.2, 0.25) is 10.0 Å². The Labute approximate surface area is 105 Å². The highest BCUT2D eigenvalue weighted by Crippen LogP contribution is 2.27. The molecule has 0 aliphatic rings. The molecule has 1 aromatic rings. The zero-order chi connectivity index (χ0) is 13.1. The number of ether oxygens (including phenoxy) is 1. The molecule has 0 fully saturated rings. The molecule has 0 saturated carbocycles. The number of hydrogen-bond donors (Lipinski definition) is 2. The Balaban J connectivity index is 3.02. The summed E-state index contributed by atoms with van der Waals surface area (Å²) in [6.45, 7) is 0.938. The predicted molar refractivity (Wildman–Crippen MR) is 67.1 cm³/mol. The summed E-state index contributed by atoms with van der Waals surface area (Å²) in [7, 11) is -2.18. The second-order valence-corrected chi connectivity index (χ2v) is 5.99. The van der Waals surface area contributed by atoms with Crippen LogP contribution in [0.2, 0.25) is 5.02 Å². The monoisotopic (exact) mass is 279 g/mol. The summed E-state index contributed by atoms with van der Waals surface area (Å²) in [6.07, 6.45) is 0. The van der Waals surface area contributed by atoms with Gasteiger partial charge in [0.1, 0.15) is 11.0 Å². The van der Waals surface area contributed by atoms with Crippen molar-refractivity contribution in [2.24, 2.45) is 0 Å². The lowest BCUT2D eigenvalue weighted by Gasteiger charge is -2.14. The van der Waals surface area contributed by atoms with Gasteiger partial charge in [-0.25, -0.2) is 8.42 Å². The molecule has 0 amide bonds. The minimum absolute atomic E-state index is 0.228. The molecule has 0 aromatic heterocycles. The second kappa shape index (κ2) is 5.57. The molecule has 0 spiro atoms. The van der Waals surface area contributed by atoms with Gasteiger partial charge in [-0.15, -0.1) is 0 Å². The Morgan fingerprint density at radius 1 is 1.53 bits per heavy atom. The van der Waals surface area contributed by atoms with Crippen LogP contribution in [-0.2, 0) is 10.0 Å². The largest absolute Gasteiger partial charge is 0.497 e. The van der Waals surface area contributed by atoms with Crippen molar-refractivity contribution in [1.82, 2.24) is 0 Å². The van der Waals surface area contributed by atoms with Crippen molar-refractivity contribution in [3.05, 3.63) is 23.2 Å². The highest BCUT2D eigenvalue weighted by molar-refractivity contribution is 7.93. The molecule has 5 nitrogen and oxygen atoms in total. The molecule has 0 bridgehead atoms. The number of anilines is 1. The average Bonchev–Trinajstić information content (AvgIpc) is 2.30. The minimum Gasteiger partial charge on any atom is -0.497 e. The fraction of sp³-hybridized carbons (Fsp3) is 0.400. The predicted octanol–water partition coefficient (Wildman–Crippen LogP) is 1.47. The van der Waals surface area contributed by atoms with Crippen molar-refractivity contribution in [3.63, 3.8) is 0 Å².